The summed E-state index contributed by atoms with van der Waals surface area (Å²) < 4.78 is 10.6. The number of carbonyl (C=O) groups excluding carboxylic acids is 1. The highest BCUT2D eigenvalue weighted by atomic mass is 79.9. The summed E-state index contributed by atoms with van der Waals surface area (Å²) in [7, 11) is 2.77. The molecule has 6 nitrogen and oxygen atoms in total. The molecule has 4 N–H and O–H groups in total. The molecule has 0 saturated heterocycles. The Labute approximate surface area is 131 Å². The number of hydrogen-bond donors (Lipinski definition) is 2. The van der Waals surface area contributed by atoms with Crippen LogP contribution in [0.3, 0.4) is 0 Å². The number of benzene rings is 1. The SMILES string of the molecule is COC(=O)c1cc(Br)c(N(CCN)C(N)=S)cc1OC. The normalized spacial score (nSPS) is 10.0. The van der Waals surface area contributed by atoms with Crippen molar-refractivity contribution in [1.82, 2.24) is 0 Å². The standard InChI is InChI=1S/C12H16BrN3O3S/c1-18-10-6-9(16(4-3-14)12(15)20)8(13)5-7(10)11(17)19-2/h5-6H,3-4,14H2,1-2H3,(H2,15,20). The van der Waals surface area contributed by atoms with Gasteiger partial charge in [0.15, 0.2) is 5.11 Å². The molecule has 110 valence electrons. The zero-order valence-corrected chi connectivity index (χ0v) is 13.6. The Morgan fingerprint density at radius 2 is 2.10 bits per heavy atom. The van der Waals surface area contributed by atoms with E-state index in [0.29, 0.717) is 34.6 Å². The first-order valence-corrected chi connectivity index (χ1v) is 6.89. The van der Waals surface area contributed by atoms with Gasteiger partial charge in [-0.15, -0.1) is 0 Å². The molecule has 0 bridgehead atoms. The number of anilines is 1. The van der Waals surface area contributed by atoms with Crippen molar-refractivity contribution in [2.75, 3.05) is 32.2 Å². The second-order valence-electron chi connectivity index (χ2n) is 3.77. The summed E-state index contributed by atoms with van der Waals surface area (Å²) >= 11 is 8.39. The van der Waals surface area contributed by atoms with Crippen LogP contribution in [0.1, 0.15) is 10.4 Å². The summed E-state index contributed by atoms with van der Waals surface area (Å²) in [5.74, 6) is -0.122. The minimum atomic E-state index is -0.491. The third kappa shape index (κ3) is 3.59. The second-order valence-corrected chi connectivity index (χ2v) is 5.05. The van der Waals surface area contributed by atoms with Gasteiger partial charge in [-0.2, -0.15) is 0 Å². The number of methoxy groups -OCH3 is 2. The maximum Gasteiger partial charge on any atom is 0.341 e. The molecule has 0 amide bonds. The maximum atomic E-state index is 11.7. The average Bonchev–Trinajstić information content (AvgIpc) is 2.43. The Balaban J connectivity index is 3.35. The Kier molecular flexibility index (Phi) is 6.18. The van der Waals surface area contributed by atoms with E-state index in [1.165, 1.54) is 14.2 Å². The van der Waals surface area contributed by atoms with E-state index in [2.05, 4.69) is 15.9 Å². The molecule has 1 rings (SSSR count). The van der Waals surface area contributed by atoms with Crippen molar-refractivity contribution >= 4 is 44.9 Å². The fourth-order valence-corrected chi connectivity index (χ4v) is 2.41. The van der Waals surface area contributed by atoms with Crippen molar-refractivity contribution in [2.45, 2.75) is 0 Å². The van der Waals surface area contributed by atoms with E-state index in [1.807, 2.05) is 0 Å². The third-order valence-corrected chi connectivity index (χ3v) is 3.44. The lowest BCUT2D eigenvalue weighted by atomic mass is 10.1. The predicted molar refractivity (Wildman–Crippen MR) is 85.2 cm³/mol. The summed E-state index contributed by atoms with van der Waals surface area (Å²) in [4.78, 5) is 13.3. The van der Waals surface area contributed by atoms with Gasteiger partial charge < -0.3 is 25.8 Å². The Morgan fingerprint density at radius 1 is 1.45 bits per heavy atom. The number of hydrogen-bond acceptors (Lipinski definition) is 5. The summed E-state index contributed by atoms with van der Waals surface area (Å²) in [5.41, 5.74) is 12.2. The van der Waals surface area contributed by atoms with Crippen LogP contribution in [0, 0.1) is 0 Å². The molecule has 1 aromatic rings. The van der Waals surface area contributed by atoms with Gasteiger partial charge in [-0.1, -0.05) is 0 Å². The van der Waals surface area contributed by atoms with Crippen LogP contribution in [0.4, 0.5) is 5.69 Å². The number of halogens is 1. The van der Waals surface area contributed by atoms with Crippen LogP contribution < -0.4 is 21.1 Å². The molecule has 0 aromatic heterocycles. The molecular formula is C12H16BrN3O3S. The van der Waals surface area contributed by atoms with Crippen molar-refractivity contribution in [3.63, 3.8) is 0 Å². The number of nitrogens with zero attached hydrogens (tertiary/aromatic N) is 1. The number of rotatable bonds is 5. The fraction of sp³-hybridized carbons (Fsp3) is 0.333. The molecule has 20 heavy (non-hydrogen) atoms. The third-order valence-electron chi connectivity index (χ3n) is 2.58. The van der Waals surface area contributed by atoms with E-state index >= 15 is 0 Å². The summed E-state index contributed by atoms with van der Waals surface area (Å²) in [6.45, 7) is 0.833. The van der Waals surface area contributed by atoms with Gasteiger partial charge in [-0.05, 0) is 34.2 Å². The zero-order valence-electron chi connectivity index (χ0n) is 11.2. The molecule has 0 saturated carbocycles. The lowest BCUT2D eigenvalue weighted by Gasteiger charge is -2.24. The van der Waals surface area contributed by atoms with Gasteiger partial charge in [0.2, 0.25) is 0 Å². The molecule has 0 aliphatic rings. The van der Waals surface area contributed by atoms with Crippen LogP contribution in [0.5, 0.6) is 5.75 Å². The molecule has 0 aliphatic heterocycles. The van der Waals surface area contributed by atoms with E-state index in [1.54, 1.807) is 17.0 Å². The van der Waals surface area contributed by atoms with Crippen LogP contribution in [0.15, 0.2) is 16.6 Å². The molecule has 8 heteroatoms. The molecule has 1 aromatic carbocycles. The smallest absolute Gasteiger partial charge is 0.341 e. The zero-order chi connectivity index (χ0) is 15.3. The van der Waals surface area contributed by atoms with Gasteiger partial charge in [-0.25, -0.2) is 4.79 Å². The Hall–Kier alpha value is -1.38. The minimum Gasteiger partial charge on any atom is -0.496 e. The van der Waals surface area contributed by atoms with Gasteiger partial charge in [0.05, 0.1) is 19.9 Å². The monoisotopic (exact) mass is 361 g/mol. The lowest BCUT2D eigenvalue weighted by molar-refractivity contribution is 0.0597. The van der Waals surface area contributed by atoms with Crippen LogP contribution in [0.2, 0.25) is 0 Å². The van der Waals surface area contributed by atoms with Gasteiger partial charge in [-0.3, -0.25) is 0 Å². The van der Waals surface area contributed by atoms with E-state index in [4.69, 9.17) is 33.2 Å². The predicted octanol–water partition coefficient (Wildman–Crippen LogP) is 1.25. The largest absolute Gasteiger partial charge is 0.496 e. The first kappa shape index (κ1) is 16.7. The molecular weight excluding hydrogens is 346 g/mol. The second kappa shape index (κ2) is 7.41. The Bertz CT molecular complexity index is 525. The van der Waals surface area contributed by atoms with Crippen molar-refractivity contribution in [3.8, 4) is 5.75 Å². The highest BCUT2D eigenvalue weighted by molar-refractivity contribution is 9.10. The molecule has 0 radical (unpaired) electrons. The highest BCUT2D eigenvalue weighted by Crippen LogP contribution is 2.34. The topological polar surface area (TPSA) is 90.8 Å². The van der Waals surface area contributed by atoms with Crippen LogP contribution in [-0.2, 0) is 4.74 Å². The highest BCUT2D eigenvalue weighted by Gasteiger charge is 2.20. The van der Waals surface area contributed by atoms with Gasteiger partial charge in [0.25, 0.3) is 0 Å². The molecule has 0 fully saturated rings. The van der Waals surface area contributed by atoms with Gasteiger partial charge >= 0.3 is 5.97 Å². The van der Waals surface area contributed by atoms with Crippen LogP contribution in [0.25, 0.3) is 0 Å². The van der Waals surface area contributed by atoms with Crippen molar-refractivity contribution < 1.29 is 14.3 Å². The van der Waals surface area contributed by atoms with E-state index in [0.717, 1.165) is 0 Å². The van der Waals surface area contributed by atoms with Gasteiger partial charge in [0.1, 0.15) is 11.3 Å². The van der Waals surface area contributed by atoms with E-state index in [9.17, 15) is 4.79 Å². The molecule has 0 unspecified atom stereocenters. The fourth-order valence-electron chi connectivity index (χ4n) is 1.67. The quantitative estimate of drug-likeness (QED) is 0.602. The van der Waals surface area contributed by atoms with Crippen molar-refractivity contribution in [1.29, 1.82) is 0 Å². The van der Waals surface area contributed by atoms with E-state index in [-0.39, 0.29) is 5.11 Å². The summed E-state index contributed by atoms with van der Waals surface area (Å²) in [5, 5.41) is 0.184. The van der Waals surface area contributed by atoms with E-state index < -0.39 is 5.97 Å². The number of nitrogens with two attached hydrogens (primary N) is 2. The van der Waals surface area contributed by atoms with Crippen LogP contribution >= 0.6 is 28.1 Å². The molecule has 0 aliphatic carbocycles. The minimum absolute atomic E-state index is 0.184. The number of carbonyl (C=O) groups is 1. The maximum absolute atomic E-state index is 11.7. The Morgan fingerprint density at radius 3 is 2.55 bits per heavy atom. The average molecular weight is 362 g/mol. The van der Waals surface area contributed by atoms with Crippen molar-refractivity contribution in [3.05, 3.63) is 22.2 Å². The number of esters is 1. The molecule has 0 heterocycles. The summed E-state index contributed by atoms with van der Waals surface area (Å²) in [6, 6.07) is 3.26. The number of ether oxygens (including phenoxy) is 2. The number of thiocarbonyl (C=S) groups is 1. The first-order chi connectivity index (χ1) is 9.46. The summed E-state index contributed by atoms with van der Waals surface area (Å²) in [6.07, 6.45) is 0. The first-order valence-electron chi connectivity index (χ1n) is 5.69. The molecule has 0 atom stereocenters. The van der Waals surface area contributed by atoms with Crippen LogP contribution in [-0.4, -0.2) is 38.4 Å². The van der Waals surface area contributed by atoms with Gasteiger partial charge in [0, 0.05) is 23.6 Å². The lowest BCUT2D eigenvalue weighted by Crippen LogP contribution is -2.39. The van der Waals surface area contributed by atoms with Crippen molar-refractivity contribution in [2.24, 2.45) is 11.5 Å². The molecule has 0 spiro atoms.